The maximum Gasteiger partial charge on any atom is 0.251 e. The first-order chi connectivity index (χ1) is 10.1. The van der Waals surface area contributed by atoms with Gasteiger partial charge in [0.15, 0.2) is 0 Å². The van der Waals surface area contributed by atoms with Crippen molar-refractivity contribution in [2.24, 2.45) is 0 Å². The van der Waals surface area contributed by atoms with Gasteiger partial charge in [-0.1, -0.05) is 0 Å². The summed E-state index contributed by atoms with van der Waals surface area (Å²) >= 11 is 1.66. The van der Waals surface area contributed by atoms with Crippen LogP contribution in [0.25, 0.3) is 0 Å². The monoisotopic (exact) mass is 304 g/mol. The van der Waals surface area contributed by atoms with Crippen LogP contribution in [0.5, 0.6) is 5.75 Å². The fourth-order valence-electron chi connectivity index (χ4n) is 2.12. The number of nitrogens with two attached hydrogens (primary N) is 1. The van der Waals surface area contributed by atoms with Crippen molar-refractivity contribution in [3.8, 4) is 5.75 Å². The fourth-order valence-corrected chi connectivity index (χ4v) is 2.81. The van der Waals surface area contributed by atoms with Gasteiger partial charge in [-0.3, -0.25) is 4.79 Å². The summed E-state index contributed by atoms with van der Waals surface area (Å²) in [6, 6.07) is 7.22. The molecule has 2 aromatic rings. The van der Waals surface area contributed by atoms with E-state index in [9.17, 15) is 4.79 Å². The maximum absolute atomic E-state index is 12.3. The second kappa shape index (κ2) is 7.13. The van der Waals surface area contributed by atoms with Crippen molar-refractivity contribution in [2.45, 2.75) is 26.3 Å². The maximum atomic E-state index is 12.3. The molecule has 0 aliphatic carbocycles. The summed E-state index contributed by atoms with van der Waals surface area (Å²) < 4.78 is 5.41. The molecule has 0 saturated heterocycles. The molecule has 1 atom stereocenters. The van der Waals surface area contributed by atoms with Crippen molar-refractivity contribution in [2.75, 3.05) is 12.3 Å². The van der Waals surface area contributed by atoms with Gasteiger partial charge in [-0.25, -0.2) is 0 Å². The van der Waals surface area contributed by atoms with E-state index in [2.05, 4.69) is 16.8 Å². The van der Waals surface area contributed by atoms with E-state index < -0.39 is 0 Å². The molecule has 1 aromatic carbocycles. The Morgan fingerprint density at radius 1 is 1.43 bits per heavy atom. The number of carbonyl (C=O) groups is 1. The number of thiophene rings is 1. The largest absolute Gasteiger partial charge is 0.494 e. The standard InChI is InChI=1S/C16H20N2O2S/c1-3-20-15-8-13(7-14(17)9-15)16(19)18-11(2)6-12-4-5-21-10-12/h4-5,7-11H,3,6,17H2,1-2H3,(H,18,19). The molecule has 0 spiro atoms. The zero-order valence-corrected chi connectivity index (χ0v) is 13.1. The SMILES string of the molecule is CCOc1cc(N)cc(C(=O)NC(C)Cc2ccsc2)c1. The first kappa shape index (κ1) is 15.4. The van der Waals surface area contributed by atoms with Gasteiger partial charge in [0.1, 0.15) is 5.75 Å². The van der Waals surface area contributed by atoms with E-state index >= 15 is 0 Å². The number of ether oxygens (including phenoxy) is 1. The molecule has 5 heteroatoms. The van der Waals surface area contributed by atoms with E-state index in [0.29, 0.717) is 23.6 Å². The van der Waals surface area contributed by atoms with Gasteiger partial charge < -0.3 is 15.8 Å². The molecule has 1 amide bonds. The van der Waals surface area contributed by atoms with Gasteiger partial charge in [-0.05, 0) is 54.8 Å². The average molecular weight is 304 g/mol. The number of hydrogen-bond acceptors (Lipinski definition) is 4. The lowest BCUT2D eigenvalue weighted by atomic mass is 10.1. The Bertz CT molecular complexity index is 596. The molecule has 0 aliphatic heterocycles. The minimum absolute atomic E-state index is 0.0593. The van der Waals surface area contributed by atoms with E-state index in [1.165, 1.54) is 5.56 Å². The van der Waals surface area contributed by atoms with Crippen LogP contribution < -0.4 is 15.8 Å². The number of nitrogen functional groups attached to an aromatic ring is 1. The Labute approximate surface area is 128 Å². The second-order valence-corrected chi connectivity index (χ2v) is 5.71. The van der Waals surface area contributed by atoms with Crippen LogP contribution in [-0.2, 0) is 6.42 Å². The van der Waals surface area contributed by atoms with Gasteiger partial charge >= 0.3 is 0 Å². The lowest BCUT2D eigenvalue weighted by molar-refractivity contribution is 0.0939. The van der Waals surface area contributed by atoms with Crippen molar-refractivity contribution < 1.29 is 9.53 Å². The summed E-state index contributed by atoms with van der Waals surface area (Å²) in [4.78, 5) is 12.3. The number of benzene rings is 1. The van der Waals surface area contributed by atoms with E-state index in [4.69, 9.17) is 10.5 Å². The van der Waals surface area contributed by atoms with Gasteiger partial charge in [0.05, 0.1) is 6.61 Å². The molecule has 21 heavy (non-hydrogen) atoms. The molecule has 112 valence electrons. The number of nitrogens with one attached hydrogen (secondary N) is 1. The summed E-state index contributed by atoms with van der Waals surface area (Å²) in [5.74, 6) is 0.485. The van der Waals surface area contributed by atoms with Crippen LogP contribution >= 0.6 is 11.3 Å². The summed E-state index contributed by atoms with van der Waals surface area (Å²) in [5, 5.41) is 7.12. The van der Waals surface area contributed by atoms with Crippen molar-refractivity contribution in [1.82, 2.24) is 5.32 Å². The molecule has 2 rings (SSSR count). The topological polar surface area (TPSA) is 64.3 Å². The molecule has 4 nitrogen and oxygen atoms in total. The lowest BCUT2D eigenvalue weighted by Crippen LogP contribution is -2.34. The molecule has 0 fully saturated rings. The summed E-state index contributed by atoms with van der Waals surface area (Å²) in [6.07, 6.45) is 0.815. The normalized spacial score (nSPS) is 11.9. The molecule has 1 aromatic heterocycles. The molecule has 3 N–H and O–H groups in total. The van der Waals surface area contributed by atoms with Crippen molar-refractivity contribution in [3.05, 3.63) is 46.2 Å². The van der Waals surface area contributed by atoms with E-state index in [1.54, 1.807) is 29.5 Å². The van der Waals surface area contributed by atoms with Crippen LogP contribution in [0.4, 0.5) is 5.69 Å². The van der Waals surface area contributed by atoms with Crippen LogP contribution in [0.2, 0.25) is 0 Å². The molecule has 1 unspecified atom stereocenters. The van der Waals surface area contributed by atoms with Crippen LogP contribution in [-0.4, -0.2) is 18.6 Å². The predicted octanol–water partition coefficient (Wildman–Crippen LogP) is 3.09. The third-order valence-corrected chi connectivity index (χ3v) is 3.73. The zero-order chi connectivity index (χ0) is 15.2. The smallest absolute Gasteiger partial charge is 0.251 e. The molecule has 0 aliphatic rings. The summed E-state index contributed by atoms with van der Waals surface area (Å²) in [6.45, 7) is 4.43. The molecular formula is C16H20N2O2S. The Kier molecular flexibility index (Phi) is 5.22. The average Bonchev–Trinajstić information content (AvgIpc) is 2.91. The third kappa shape index (κ3) is 4.49. The summed E-state index contributed by atoms with van der Waals surface area (Å²) in [7, 11) is 0. The Balaban J connectivity index is 2.02. The van der Waals surface area contributed by atoms with Crippen molar-refractivity contribution in [1.29, 1.82) is 0 Å². The lowest BCUT2D eigenvalue weighted by Gasteiger charge is -2.14. The first-order valence-electron chi connectivity index (χ1n) is 6.93. The number of amides is 1. The fraction of sp³-hybridized carbons (Fsp3) is 0.312. The number of hydrogen-bond donors (Lipinski definition) is 2. The predicted molar refractivity (Wildman–Crippen MR) is 87.0 cm³/mol. The third-order valence-electron chi connectivity index (χ3n) is 3.00. The summed E-state index contributed by atoms with van der Waals surface area (Å²) in [5.41, 5.74) is 8.09. The van der Waals surface area contributed by atoms with Gasteiger partial charge in [-0.15, -0.1) is 0 Å². The van der Waals surface area contributed by atoms with Crippen molar-refractivity contribution in [3.63, 3.8) is 0 Å². The van der Waals surface area contributed by atoms with Crippen molar-refractivity contribution >= 4 is 22.9 Å². The molecule has 1 heterocycles. The van der Waals surface area contributed by atoms with Gasteiger partial charge in [0.2, 0.25) is 0 Å². The van der Waals surface area contributed by atoms with Gasteiger partial charge in [0.25, 0.3) is 5.91 Å². The highest BCUT2D eigenvalue weighted by Crippen LogP contribution is 2.19. The van der Waals surface area contributed by atoms with Crippen LogP contribution in [0, 0.1) is 0 Å². The molecule has 0 saturated carbocycles. The van der Waals surface area contributed by atoms with E-state index in [-0.39, 0.29) is 11.9 Å². The van der Waals surface area contributed by atoms with Crippen LogP contribution in [0.15, 0.2) is 35.0 Å². The Morgan fingerprint density at radius 2 is 2.24 bits per heavy atom. The molecule has 0 radical (unpaired) electrons. The van der Waals surface area contributed by atoms with Crippen LogP contribution in [0.3, 0.4) is 0 Å². The zero-order valence-electron chi connectivity index (χ0n) is 12.3. The highest BCUT2D eigenvalue weighted by molar-refractivity contribution is 7.07. The number of carbonyl (C=O) groups excluding carboxylic acids is 1. The Morgan fingerprint density at radius 3 is 2.90 bits per heavy atom. The highest BCUT2D eigenvalue weighted by Gasteiger charge is 2.12. The van der Waals surface area contributed by atoms with E-state index in [1.807, 2.05) is 19.2 Å². The molecule has 0 bridgehead atoms. The number of rotatable bonds is 6. The number of anilines is 1. The van der Waals surface area contributed by atoms with E-state index in [0.717, 1.165) is 6.42 Å². The minimum Gasteiger partial charge on any atom is -0.494 e. The first-order valence-corrected chi connectivity index (χ1v) is 7.88. The van der Waals surface area contributed by atoms with Gasteiger partial charge in [-0.2, -0.15) is 11.3 Å². The Hall–Kier alpha value is -2.01. The minimum atomic E-state index is -0.133. The van der Waals surface area contributed by atoms with Crippen LogP contribution in [0.1, 0.15) is 29.8 Å². The highest BCUT2D eigenvalue weighted by atomic mass is 32.1. The molecular weight excluding hydrogens is 284 g/mol. The second-order valence-electron chi connectivity index (χ2n) is 4.93. The van der Waals surface area contributed by atoms with Gasteiger partial charge in [0, 0.05) is 23.4 Å². The quantitative estimate of drug-likeness (QED) is 0.806.